The summed E-state index contributed by atoms with van der Waals surface area (Å²) < 4.78 is 7.63. The summed E-state index contributed by atoms with van der Waals surface area (Å²) in [6.07, 6.45) is 5.88. The average Bonchev–Trinajstić information content (AvgIpc) is 3.07. The molecule has 0 aliphatic rings. The van der Waals surface area contributed by atoms with Crippen LogP contribution in [-0.2, 0) is 24.9 Å². The summed E-state index contributed by atoms with van der Waals surface area (Å²) in [6.45, 7) is 0.411. The minimum atomic E-state index is 0.0302. The molecule has 5 nitrogen and oxygen atoms in total. The largest absolute Gasteiger partial charge is 0.486 e. The van der Waals surface area contributed by atoms with E-state index in [-0.39, 0.29) is 5.91 Å². The molecule has 3 aromatic rings. The number of anilines is 1. The second-order valence-electron chi connectivity index (χ2n) is 6.15. The molecule has 0 unspecified atom stereocenters. The standard InChI is InChI=1S/C21H23N3O2/c1-24-15-14-22-20(24)16-26-19-12-10-18(11-13-19)23-21(25)9-5-8-17-6-3-2-4-7-17/h2-4,6-7,10-15H,5,8-9,16H2,1H3,(H,23,25). The van der Waals surface area contributed by atoms with Gasteiger partial charge in [0.25, 0.3) is 0 Å². The van der Waals surface area contributed by atoms with E-state index in [1.807, 2.05) is 60.3 Å². The van der Waals surface area contributed by atoms with Crippen LogP contribution in [0.1, 0.15) is 24.2 Å². The summed E-state index contributed by atoms with van der Waals surface area (Å²) >= 11 is 0. The van der Waals surface area contributed by atoms with Crippen molar-refractivity contribution in [3.05, 3.63) is 78.4 Å². The van der Waals surface area contributed by atoms with Crippen molar-refractivity contribution in [1.82, 2.24) is 9.55 Å². The molecule has 3 rings (SSSR count). The number of nitrogens with zero attached hydrogens (tertiary/aromatic N) is 2. The third kappa shape index (κ3) is 5.21. The number of nitrogens with one attached hydrogen (secondary N) is 1. The van der Waals surface area contributed by atoms with Crippen molar-refractivity contribution in [2.75, 3.05) is 5.32 Å². The van der Waals surface area contributed by atoms with Crippen LogP contribution in [0.2, 0.25) is 0 Å². The second-order valence-corrected chi connectivity index (χ2v) is 6.15. The average molecular weight is 349 g/mol. The first-order chi connectivity index (χ1) is 12.7. The van der Waals surface area contributed by atoms with Crippen LogP contribution in [-0.4, -0.2) is 15.5 Å². The maximum absolute atomic E-state index is 12.1. The monoisotopic (exact) mass is 349 g/mol. The smallest absolute Gasteiger partial charge is 0.224 e. The topological polar surface area (TPSA) is 56.1 Å². The number of carbonyl (C=O) groups is 1. The summed E-state index contributed by atoms with van der Waals surface area (Å²) in [4.78, 5) is 16.3. The Bertz CT molecular complexity index is 826. The highest BCUT2D eigenvalue weighted by molar-refractivity contribution is 5.90. The predicted octanol–water partition coefficient (Wildman–Crippen LogP) is 3.96. The number of aryl methyl sites for hydroxylation is 2. The third-order valence-electron chi connectivity index (χ3n) is 4.14. The number of carbonyl (C=O) groups excluding carboxylic acids is 1. The molecule has 26 heavy (non-hydrogen) atoms. The van der Waals surface area contributed by atoms with E-state index >= 15 is 0 Å². The highest BCUT2D eigenvalue weighted by Gasteiger charge is 2.04. The Labute approximate surface area is 153 Å². The van der Waals surface area contributed by atoms with E-state index in [9.17, 15) is 4.79 Å². The lowest BCUT2D eigenvalue weighted by Crippen LogP contribution is -2.11. The van der Waals surface area contributed by atoms with Gasteiger partial charge in [-0.3, -0.25) is 4.79 Å². The van der Waals surface area contributed by atoms with Crippen molar-refractivity contribution in [1.29, 1.82) is 0 Å². The highest BCUT2D eigenvalue weighted by atomic mass is 16.5. The second kappa shape index (κ2) is 8.85. The number of hydrogen-bond acceptors (Lipinski definition) is 3. The summed E-state index contributed by atoms with van der Waals surface area (Å²) in [5.41, 5.74) is 2.04. The van der Waals surface area contributed by atoms with Crippen LogP contribution in [0.25, 0.3) is 0 Å². The van der Waals surface area contributed by atoms with Gasteiger partial charge in [-0.05, 0) is 42.7 Å². The van der Waals surface area contributed by atoms with Crippen LogP contribution in [0.3, 0.4) is 0 Å². The van der Waals surface area contributed by atoms with Gasteiger partial charge in [0.05, 0.1) is 0 Å². The quantitative estimate of drug-likeness (QED) is 0.670. The lowest BCUT2D eigenvalue weighted by Gasteiger charge is -2.08. The van der Waals surface area contributed by atoms with Gasteiger partial charge in [-0.15, -0.1) is 0 Å². The predicted molar refractivity (Wildman–Crippen MR) is 102 cm³/mol. The molecule has 0 aliphatic heterocycles. The Balaban J connectivity index is 1.42. The van der Waals surface area contributed by atoms with Gasteiger partial charge >= 0.3 is 0 Å². The van der Waals surface area contributed by atoms with Gasteiger partial charge in [-0.2, -0.15) is 0 Å². The normalized spacial score (nSPS) is 10.5. The van der Waals surface area contributed by atoms with Gasteiger partial charge < -0.3 is 14.6 Å². The Hall–Kier alpha value is -3.08. The molecule has 0 radical (unpaired) electrons. The number of ether oxygens (including phenoxy) is 1. The van der Waals surface area contributed by atoms with Gasteiger partial charge in [0, 0.05) is 31.5 Å². The highest BCUT2D eigenvalue weighted by Crippen LogP contribution is 2.17. The molecule has 0 fully saturated rings. The molecule has 0 atom stereocenters. The van der Waals surface area contributed by atoms with Crippen LogP contribution in [0.4, 0.5) is 5.69 Å². The Morgan fingerprint density at radius 1 is 1.12 bits per heavy atom. The fourth-order valence-corrected chi connectivity index (χ4v) is 2.64. The molecule has 1 N–H and O–H groups in total. The van der Waals surface area contributed by atoms with E-state index in [1.54, 1.807) is 6.20 Å². The Morgan fingerprint density at radius 3 is 2.58 bits per heavy atom. The maximum atomic E-state index is 12.1. The zero-order valence-corrected chi connectivity index (χ0v) is 14.9. The fourth-order valence-electron chi connectivity index (χ4n) is 2.64. The molecule has 5 heteroatoms. The molecule has 0 saturated heterocycles. The molecule has 0 saturated carbocycles. The Kier molecular flexibility index (Phi) is 6.04. The van der Waals surface area contributed by atoms with E-state index in [0.29, 0.717) is 13.0 Å². The van der Waals surface area contributed by atoms with E-state index in [2.05, 4.69) is 22.4 Å². The van der Waals surface area contributed by atoms with Crippen molar-refractivity contribution in [2.24, 2.45) is 7.05 Å². The van der Waals surface area contributed by atoms with Crippen molar-refractivity contribution < 1.29 is 9.53 Å². The third-order valence-corrected chi connectivity index (χ3v) is 4.14. The molecular weight excluding hydrogens is 326 g/mol. The van der Waals surface area contributed by atoms with Gasteiger partial charge in [0.1, 0.15) is 18.2 Å². The molecule has 2 aromatic carbocycles. The summed E-state index contributed by atoms with van der Waals surface area (Å²) in [5.74, 6) is 1.64. The van der Waals surface area contributed by atoms with Crippen molar-refractivity contribution in [3.8, 4) is 5.75 Å². The summed E-state index contributed by atoms with van der Waals surface area (Å²) in [6, 6.07) is 17.6. The Morgan fingerprint density at radius 2 is 1.88 bits per heavy atom. The number of imidazole rings is 1. The van der Waals surface area contributed by atoms with Crippen molar-refractivity contribution in [2.45, 2.75) is 25.9 Å². The summed E-state index contributed by atoms with van der Waals surface area (Å²) in [7, 11) is 1.93. The van der Waals surface area contributed by atoms with Crippen LogP contribution in [0.15, 0.2) is 67.0 Å². The summed E-state index contributed by atoms with van der Waals surface area (Å²) in [5, 5.41) is 2.92. The SMILES string of the molecule is Cn1ccnc1COc1ccc(NC(=O)CCCc2ccccc2)cc1. The first kappa shape index (κ1) is 17.7. The zero-order valence-electron chi connectivity index (χ0n) is 14.9. The maximum Gasteiger partial charge on any atom is 0.224 e. The molecule has 1 heterocycles. The van der Waals surface area contributed by atoms with Crippen molar-refractivity contribution >= 4 is 11.6 Å². The number of aromatic nitrogens is 2. The molecule has 0 aliphatic carbocycles. The van der Waals surface area contributed by atoms with Gasteiger partial charge in [0.15, 0.2) is 0 Å². The fraction of sp³-hybridized carbons (Fsp3) is 0.238. The number of hydrogen-bond donors (Lipinski definition) is 1. The van der Waals surface area contributed by atoms with Crippen LogP contribution < -0.4 is 10.1 Å². The molecule has 0 spiro atoms. The number of rotatable bonds is 8. The van der Waals surface area contributed by atoms with Crippen LogP contribution in [0, 0.1) is 0 Å². The van der Waals surface area contributed by atoms with Crippen LogP contribution in [0.5, 0.6) is 5.75 Å². The molecule has 1 amide bonds. The first-order valence-electron chi connectivity index (χ1n) is 8.73. The number of amides is 1. The molecular formula is C21H23N3O2. The molecule has 0 bridgehead atoms. The minimum Gasteiger partial charge on any atom is -0.486 e. The lowest BCUT2D eigenvalue weighted by molar-refractivity contribution is -0.116. The first-order valence-corrected chi connectivity index (χ1v) is 8.73. The lowest BCUT2D eigenvalue weighted by atomic mass is 10.1. The van der Waals surface area contributed by atoms with E-state index in [1.165, 1.54) is 5.56 Å². The van der Waals surface area contributed by atoms with Gasteiger partial charge in [0.2, 0.25) is 5.91 Å². The zero-order chi connectivity index (χ0) is 18.2. The van der Waals surface area contributed by atoms with Gasteiger partial charge in [-0.25, -0.2) is 4.98 Å². The van der Waals surface area contributed by atoms with E-state index in [0.717, 1.165) is 30.1 Å². The molecule has 134 valence electrons. The van der Waals surface area contributed by atoms with Crippen LogP contribution >= 0.6 is 0 Å². The molecule has 1 aromatic heterocycles. The van der Waals surface area contributed by atoms with Gasteiger partial charge in [-0.1, -0.05) is 30.3 Å². The van der Waals surface area contributed by atoms with Crippen molar-refractivity contribution in [3.63, 3.8) is 0 Å². The van der Waals surface area contributed by atoms with E-state index in [4.69, 9.17) is 4.74 Å². The minimum absolute atomic E-state index is 0.0302. The number of benzene rings is 2. The van der Waals surface area contributed by atoms with E-state index < -0.39 is 0 Å².